The van der Waals surface area contributed by atoms with Crippen molar-refractivity contribution in [2.24, 2.45) is 5.92 Å². The van der Waals surface area contributed by atoms with Crippen LogP contribution < -0.4 is 5.32 Å². The van der Waals surface area contributed by atoms with Crippen LogP contribution in [0.1, 0.15) is 6.42 Å². The largest absolute Gasteiger partial charge is 0.480 e. The molecule has 2 unspecified atom stereocenters. The predicted molar refractivity (Wildman–Crippen MR) is 55.0 cm³/mol. The second kappa shape index (κ2) is 6.12. The molecule has 0 aromatic heterocycles. The van der Waals surface area contributed by atoms with Crippen molar-refractivity contribution in [3.8, 4) is 0 Å². The first-order valence-electron chi connectivity index (χ1n) is 5.00. The number of aliphatic carboxylic acids is 1. The zero-order valence-electron chi connectivity index (χ0n) is 8.85. The average Bonchev–Trinajstić information content (AvgIpc) is 2.75. The average molecular weight is 229 g/mol. The van der Waals surface area contributed by atoms with Crippen molar-refractivity contribution in [2.75, 3.05) is 19.8 Å². The molecule has 0 radical (unpaired) electrons. The molecule has 16 heavy (non-hydrogen) atoms. The number of alkyl carbamates (subject to hydrolysis) is 1. The van der Waals surface area contributed by atoms with Gasteiger partial charge in [0, 0.05) is 12.5 Å². The van der Waals surface area contributed by atoms with Gasteiger partial charge in [0.05, 0.1) is 6.61 Å². The molecule has 0 aromatic carbocycles. The second-order valence-corrected chi connectivity index (χ2v) is 3.47. The van der Waals surface area contributed by atoms with E-state index in [1.165, 1.54) is 6.08 Å². The zero-order chi connectivity index (χ0) is 12.0. The van der Waals surface area contributed by atoms with Gasteiger partial charge in [-0.1, -0.05) is 12.7 Å². The third-order valence-electron chi connectivity index (χ3n) is 2.31. The highest BCUT2D eigenvalue weighted by Crippen LogP contribution is 2.17. The molecule has 6 heteroatoms. The Balaban J connectivity index is 2.47. The summed E-state index contributed by atoms with van der Waals surface area (Å²) < 4.78 is 9.74. The molecule has 1 fully saturated rings. The van der Waals surface area contributed by atoms with Gasteiger partial charge in [0.2, 0.25) is 0 Å². The van der Waals surface area contributed by atoms with Crippen molar-refractivity contribution in [1.29, 1.82) is 0 Å². The molecule has 1 heterocycles. The van der Waals surface area contributed by atoms with Crippen LogP contribution in [0, 0.1) is 5.92 Å². The second-order valence-electron chi connectivity index (χ2n) is 3.47. The highest BCUT2D eigenvalue weighted by atomic mass is 16.5. The highest BCUT2D eigenvalue weighted by Gasteiger charge is 2.32. The van der Waals surface area contributed by atoms with Crippen LogP contribution in [0.3, 0.4) is 0 Å². The van der Waals surface area contributed by atoms with Crippen molar-refractivity contribution < 1.29 is 24.2 Å². The molecule has 90 valence electrons. The fourth-order valence-electron chi connectivity index (χ4n) is 1.50. The molecule has 1 amide bonds. The summed E-state index contributed by atoms with van der Waals surface area (Å²) in [6.07, 6.45) is 1.28. The van der Waals surface area contributed by atoms with Crippen LogP contribution in [0.2, 0.25) is 0 Å². The smallest absolute Gasteiger partial charge is 0.408 e. The summed E-state index contributed by atoms with van der Waals surface area (Å²) in [7, 11) is 0. The Morgan fingerprint density at radius 3 is 2.94 bits per heavy atom. The van der Waals surface area contributed by atoms with Gasteiger partial charge in [-0.25, -0.2) is 9.59 Å². The fourth-order valence-corrected chi connectivity index (χ4v) is 1.50. The molecular formula is C10H15NO5. The minimum atomic E-state index is -1.08. The van der Waals surface area contributed by atoms with E-state index in [1.807, 2.05) is 0 Å². The number of carboxylic acids is 1. The molecule has 0 saturated carbocycles. The number of carbonyl (C=O) groups is 2. The van der Waals surface area contributed by atoms with Crippen LogP contribution >= 0.6 is 0 Å². The van der Waals surface area contributed by atoms with Crippen molar-refractivity contribution in [1.82, 2.24) is 5.32 Å². The summed E-state index contributed by atoms with van der Waals surface area (Å²) in [4.78, 5) is 22.1. The highest BCUT2D eigenvalue weighted by molar-refractivity contribution is 5.80. The molecule has 2 N–H and O–H groups in total. The van der Waals surface area contributed by atoms with Gasteiger partial charge in [-0.05, 0) is 6.42 Å². The number of nitrogens with one attached hydrogen (secondary N) is 1. The third kappa shape index (κ3) is 3.54. The lowest BCUT2D eigenvalue weighted by Crippen LogP contribution is -2.46. The number of hydrogen-bond acceptors (Lipinski definition) is 4. The SMILES string of the molecule is C=CCOC(=O)NC(C(=O)O)C1CCOC1. The monoisotopic (exact) mass is 229 g/mol. The normalized spacial score (nSPS) is 21.1. The Morgan fingerprint density at radius 2 is 2.44 bits per heavy atom. The number of carbonyl (C=O) groups excluding carboxylic acids is 1. The van der Waals surface area contributed by atoms with Crippen LogP contribution in [0.4, 0.5) is 4.79 Å². The number of carboxylic acid groups (broad SMARTS) is 1. The maximum absolute atomic E-state index is 11.2. The maximum Gasteiger partial charge on any atom is 0.408 e. The van der Waals surface area contributed by atoms with Gasteiger partial charge >= 0.3 is 12.1 Å². The predicted octanol–water partition coefficient (Wildman–Crippen LogP) is 0.388. The molecule has 1 saturated heterocycles. The number of hydrogen-bond donors (Lipinski definition) is 2. The van der Waals surface area contributed by atoms with Gasteiger partial charge in [0.15, 0.2) is 0 Å². The summed E-state index contributed by atoms with van der Waals surface area (Å²) >= 11 is 0. The van der Waals surface area contributed by atoms with Crippen LogP contribution in [0.5, 0.6) is 0 Å². The zero-order valence-corrected chi connectivity index (χ0v) is 8.85. The van der Waals surface area contributed by atoms with Crippen molar-refractivity contribution in [2.45, 2.75) is 12.5 Å². The molecule has 0 aromatic rings. The van der Waals surface area contributed by atoms with Crippen LogP contribution in [-0.2, 0) is 14.3 Å². The van der Waals surface area contributed by atoms with E-state index in [4.69, 9.17) is 9.84 Å². The number of ether oxygens (including phenoxy) is 2. The lowest BCUT2D eigenvalue weighted by atomic mass is 9.99. The van der Waals surface area contributed by atoms with Crippen LogP contribution in [-0.4, -0.2) is 43.0 Å². The first-order valence-corrected chi connectivity index (χ1v) is 5.00. The Labute approximate surface area is 93.2 Å². The van der Waals surface area contributed by atoms with Crippen molar-refractivity contribution in [3.63, 3.8) is 0 Å². The molecule has 1 aliphatic rings. The summed E-state index contributed by atoms with van der Waals surface area (Å²) in [5, 5.41) is 11.3. The standard InChI is InChI=1S/C10H15NO5/c1-2-4-16-10(14)11-8(9(12)13)7-3-5-15-6-7/h2,7-8H,1,3-6H2,(H,11,14)(H,12,13). The lowest BCUT2D eigenvalue weighted by molar-refractivity contribution is -0.140. The quantitative estimate of drug-likeness (QED) is 0.666. The van der Waals surface area contributed by atoms with E-state index < -0.39 is 18.1 Å². The summed E-state index contributed by atoms with van der Waals surface area (Å²) in [6, 6.07) is -0.959. The van der Waals surface area contributed by atoms with Crippen LogP contribution in [0.15, 0.2) is 12.7 Å². The Hall–Kier alpha value is -1.56. The van der Waals surface area contributed by atoms with Crippen molar-refractivity contribution >= 4 is 12.1 Å². The van der Waals surface area contributed by atoms with Gasteiger partial charge in [-0.15, -0.1) is 0 Å². The Morgan fingerprint density at radius 1 is 1.69 bits per heavy atom. The topological polar surface area (TPSA) is 84.9 Å². The molecule has 2 atom stereocenters. The molecular weight excluding hydrogens is 214 g/mol. The molecule has 6 nitrogen and oxygen atoms in total. The number of amides is 1. The van der Waals surface area contributed by atoms with Gasteiger partial charge in [-0.3, -0.25) is 0 Å². The van der Waals surface area contributed by atoms with E-state index in [0.29, 0.717) is 19.6 Å². The number of rotatable bonds is 5. The van der Waals surface area contributed by atoms with E-state index in [0.717, 1.165) is 0 Å². The van der Waals surface area contributed by atoms with Crippen LogP contribution in [0.25, 0.3) is 0 Å². The van der Waals surface area contributed by atoms with E-state index >= 15 is 0 Å². The summed E-state index contributed by atoms with van der Waals surface area (Å²) in [6.45, 7) is 4.31. The Kier molecular flexibility index (Phi) is 4.78. The molecule has 0 aliphatic carbocycles. The summed E-state index contributed by atoms with van der Waals surface area (Å²) in [5.41, 5.74) is 0. The minimum Gasteiger partial charge on any atom is -0.480 e. The lowest BCUT2D eigenvalue weighted by Gasteiger charge is -2.18. The molecule has 1 aliphatic heterocycles. The summed E-state index contributed by atoms with van der Waals surface area (Å²) in [5.74, 6) is -1.28. The fraction of sp³-hybridized carbons (Fsp3) is 0.600. The Bertz CT molecular complexity index is 272. The van der Waals surface area contributed by atoms with E-state index in [2.05, 4.69) is 16.6 Å². The molecule has 0 spiro atoms. The van der Waals surface area contributed by atoms with Gasteiger partial charge in [-0.2, -0.15) is 0 Å². The van der Waals surface area contributed by atoms with Gasteiger partial charge in [0.25, 0.3) is 0 Å². The molecule has 0 bridgehead atoms. The van der Waals surface area contributed by atoms with E-state index in [9.17, 15) is 9.59 Å². The van der Waals surface area contributed by atoms with Gasteiger partial charge in [0.1, 0.15) is 12.6 Å². The molecule has 1 rings (SSSR count). The minimum absolute atomic E-state index is 0.0549. The van der Waals surface area contributed by atoms with Gasteiger partial charge < -0.3 is 19.9 Å². The first-order chi connectivity index (χ1) is 7.65. The van der Waals surface area contributed by atoms with E-state index in [-0.39, 0.29) is 12.5 Å². The van der Waals surface area contributed by atoms with E-state index in [1.54, 1.807) is 0 Å². The maximum atomic E-state index is 11.2. The third-order valence-corrected chi connectivity index (χ3v) is 2.31. The first kappa shape index (κ1) is 12.5. The van der Waals surface area contributed by atoms with Crippen molar-refractivity contribution in [3.05, 3.63) is 12.7 Å².